The van der Waals surface area contributed by atoms with Gasteiger partial charge in [0.2, 0.25) is 5.78 Å². The van der Waals surface area contributed by atoms with Gasteiger partial charge in [-0.25, -0.2) is 4.98 Å². The summed E-state index contributed by atoms with van der Waals surface area (Å²) in [6.45, 7) is 6.04. The van der Waals surface area contributed by atoms with Gasteiger partial charge in [-0.1, -0.05) is 37.3 Å². The monoisotopic (exact) mass is 356 g/mol. The van der Waals surface area contributed by atoms with E-state index in [4.69, 9.17) is 0 Å². The molecule has 1 amide bonds. The minimum absolute atomic E-state index is 0.149. The molecule has 1 unspecified atom stereocenters. The van der Waals surface area contributed by atoms with Gasteiger partial charge < -0.3 is 10.0 Å². The van der Waals surface area contributed by atoms with Gasteiger partial charge in [0.15, 0.2) is 5.76 Å². The lowest BCUT2D eigenvalue weighted by molar-refractivity contribution is -0.129. The number of nitrogens with zero attached hydrogens (tertiary/aromatic N) is 2. The van der Waals surface area contributed by atoms with Gasteiger partial charge >= 0.3 is 0 Å². The van der Waals surface area contributed by atoms with Crippen molar-refractivity contribution in [3.63, 3.8) is 0 Å². The molecule has 0 bridgehead atoms. The minimum atomic E-state index is -0.567. The molecule has 1 aromatic carbocycles. The lowest BCUT2D eigenvalue weighted by Gasteiger charge is -2.26. The second-order valence-electron chi connectivity index (χ2n) is 6.05. The van der Waals surface area contributed by atoms with Crippen LogP contribution in [0.4, 0.5) is 0 Å². The maximum absolute atomic E-state index is 13.1. The van der Waals surface area contributed by atoms with Crippen LogP contribution in [-0.2, 0) is 4.79 Å². The van der Waals surface area contributed by atoms with Crippen LogP contribution in [0, 0.1) is 13.8 Å². The van der Waals surface area contributed by atoms with Gasteiger partial charge in [-0.05, 0) is 25.8 Å². The average Bonchev–Trinajstić information content (AvgIpc) is 3.06. The van der Waals surface area contributed by atoms with Crippen molar-refractivity contribution in [2.24, 2.45) is 0 Å². The number of thiazole rings is 1. The van der Waals surface area contributed by atoms with Crippen LogP contribution in [-0.4, -0.2) is 33.2 Å². The second-order valence-corrected chi connectivity index (χ2v) is 7.25. The number of aryl methyl sites for hydroxylation is 2. The number of amides is 1. The third-order valence-corrected chi connectivity index (χ3v) is 5.31. The first-order valence-electron chi connectivity index (χ1n) is 8.23. The summed E-state index contributed by atoms with van der Waals surface area (Å²) in [5, 5.41) is 11.3. The van der Waals surface area contributed by atoms with E-state index in [1.165, 1.54) is 11.3 Å². The highest BCUT2D eigenvalue weighted by Crippen LogP contribution is 2.39. The van der Waals surface area contributed by atoms with E-state index in [9.17, 15) is 14.7 Å². The van der Waals surface area contributed by atoms with Gasteiger partial charge in [0.25, 0.3) is 5.91 Å². The highest BCUT2D eigenvalue weighted by Gasteiger charge is 2.43. The molecule has 0 saturated carbocycles. The highest BCUT2D eigenvalue weighted by molar-refractivity contribution is 7.14. The predicted octanol–water partition coefficient (Wildman–Crippen LogP) is 3.75. The largest absolute Gasteiger partial charge is 0.503 e. The van der Waals surface area contributed by atoms with Crippen LogP contribution in [0.15, 0.2) is 41.7 Å². The Bertz CT molecular complexity index is 855. The molecule has 3 rings (SSSR count). The molecule has 1 atom stereocenters. The van der Waals surface area contributed by atoms with E-state index in [0.29, 0.717) is 17.1 Å². The third-order valence-electron chi connectivity index (χ3n) is 4.24. The van der Waals surface area contributed by atoms with Gasteiger partial charge in [0.1, 0.15) is 0 Å². The Morgan fingerprint density at radius 1 is 1.28 bits per heavy atom. The number of aliphatic hydroxyl groups excluding tert-OH is 1. The fraction of sp³-hybridized carbons (Fsp3) is 0.316. The maximum Gasteiger partial charge on any atom is 0.290 e. The van der Waals surface area contributed by atoms with Crippen LogP contribution >= 0.6 is 11.3 Å². The number of hydrogen-bond acceptors (Lipinski definition) is 5. The summed E-state index contributed by atoms with van der Waals surface area (Å²) in [7, 11) is 0. The number of rotatable bonds is 5. The first-order valence-corrected chi connectivity index (χ1v) is 9.05. The number of carbonyl (C=O) groups excluding carboxylic acids is 2. The Morgan fingerprint density at radius 3 is 2.52 bits per heavy atom. The highest BCUT2D eigenvalue weighted by atomic mass is 32.1. The summed E-state index contributed by atoms with van der Waals surface area (Å²) >= 11 is 1.29. The van der Waals surface area contributed by atoms with Crippen molar-refractivity contribution in [3.8, 4) is 0 Å². The van der Waals surface area contributed by atoms with E-state index in [0.717, 1.165) is 17.0 Å². The first kappa shape index (κ1) is 17.4. The molecule has 1 aliphatic heterocycles. The summed E-state index contributed by atoms with van der Waals surface area (Å²) in [6.07, 6.45) is 0.739. The number of ketones is 1. The molecule has 1 aromatic heterocycles. The molecule has 1 aliphatic rings. The Morgan fingerprint density at radius 2 is 1.96 bits per heavy atom. The summed E-state index contributed by atoms with van der Waals surface area (Å²) in [5.41, 5.74) is 1.59. The van der Waals surface area contributed by atoms with Gasteiger partial charge in [-0.3, -0.25) is 9.59 Å². The molecule has 1 N–H and O–H groups in total. The lowest BCUT2D eigenvalue weighted by Crippen LogP contribution is -2.31. The van der Waals surface area contributed by atoms with E-state index in [-0.39, 0.29) is 11.4 Å². The Labute approximate surface area is 150 Å². The average molecular weight is 356 g/mol. The summed E-state index contributed by atoms with van der Waals surface area (Å²) in [6, 6.07) is 8.79. The molecule has 130 valence electrons. The van der Waals surface area contributed by atoms with Crippen molar-refractivity contribution in [1.82, 2.24) is 9.88 Å². The number of hydrogen-bond donors (Lipinski definition) is 1. The number of aliphatic hydroxyl groups is 1. The molecule has 25 heavy (non-hydrogen) atoms. The van der Waals surface area contributed by atoms with Crippen molar-refractivity contribution in [1.29, 1.82) is 0 Å². The van der Waals surface area contributed by atoms with E-state index >= 15 is 0 Å². The molecule has 0 fully saturated rings. The fourth-order valence-electron chi connectivity index (χ4n) is 3.20. The van der Waals surface area contributed by atoms with Gasteiger partial charge in [-0.15, -0.1) is 11.3 Å². The zero-order valence-corrected chi connectivity index (χ0v) is 15.3. The third kappa shape index (κ3) is 2.98. The molecule has 0 spiro atoms. The molecule has 5 nitrogen and oxygen atoms in total. The van der Waals surface area contributed by atoms with Gasteiger partial charge in [0.05, 0.1) is 27.2 Å². The van der Waals surface area contributed by atoms with Crippen LogP contribution in [0.5, 0.6) is 0 Å². The van der Waals surface area contributed by atoms with Crippen molar-refractivity contribution < 1.29 is 14.7 Å². The van der Waals surface area contributed by atoms with Crippen molar-refractivity contribution >= 4 is 23.0 Å². The molecule has 6 heteroatoms. The van der Waals surface area contributed by atoms with Crippen LogP contribution in [0.2, 0.25) is 0 Å². The number of aromatic nitrogens is 1. The van der Waals surface area contributed by atoms with E-state index in [2.05, 4.69) is 4.98 Å². The normalized spacial score (nSPS) is 17.5. The Hall–Kier alpha value is -2.47. The minimum Gasteiger partial charge on any atom is -0.503 e. The molecular formula is C19H20N2O3S. The van der Waals surface area contributed by atoms with Crippen molar-refractivity contribution in [2.45, 2.75) is 33.2 Å². The molecular weight excluding hydrogens is 336 g/mol. The lowest BCUT2D eigenvalue weighted by atomic mass is 9.95. The Balaban J connectivity index is 2.12. The first-order chi connectivity index (χ1) is 12.0. The molecule has 0 aliphatic carbocycles. The van der Waals surface area contributed by atoms with E-state index < -0.39 is 17.7 Å². The van der Waals surface area contributed by atoms with E-state index in [1.807, 2.05) is 44.2 Å². The number of carbonyl (C=O) groups is 2. The van der Waals surface area contributed by atoms with Crippen molar-refractivity contribution in [3.05, 3.63) is 62.8 Å². The SMILES string of the molecule is CCCN1C(=O)C(O)=C(C(=O)c2sc(C)nc2C)C1c1ccccc1. The molecule has 0 saturated heterocycles. The quantitative estimate of drug-likeness (QED) is 0.828. The van der Waals surface area contributed by atoms with Crippen LogP contribution in [0.3, 0.4) is 0 Å². The molecule has 0 radical (unpaired) electrons. The van der Waals surface area contributed by atoms with Crippen LogP contribution in [0.1, 0.15) is 45.3 Å². The smallest absolute Gasteiger partial charge is 0.290 e. The zero-order valence-electron chi connectivity index (χ0n) is 14.4. The van der Waals surface area contributed by atoms with Crippen LogP contribution in [0.25, 0.3) is 0 Å². The van der Waals surface area contributed by atoms with Gasteiger partial charge in [0, 0.05) is 6.54 Å². The van der Waals surface area contributed by atoms with Crippen LogP contribution < -0.4 is 0 Å². The number of Topliss-reactive ketones (excluding diaryl/α,β-unsaturated/α-hetero) is 1. The molecule has 2 heterocycles. The Kier molecular flexibility index (Phi) is 4.72. The molecule has 2 aromatic rings. The maximum atomic E-state index is 13.1. The van der Waals surface area contributed by atoms with Gasteiger partial charge in [-0.2, -0.15) is 0 Å². The fourth-order valence-corrected chi connectivity index (χ4v) is 4.08. The predicted molar refractivity (Wildman–Crippen MR) is 96.8 cm³/mol. The zero-order chi connectivity index (χ0) is 18.1. The second kappa shape index (κ2) is 6.80. The summed E-state index contributed by atoms with van der Waals surface area (Å²) in [5.74, 6) is -1.25. The number of benzene rings is 1. The van der Waals surface area contributed by atoms with Crippen molar-refractivity contribution in [2.75, 3.05) is 6.54 Å². The topological polar surface area (TPSA) is 70.5 Å². The summed E-state index contributed by atoms with van der Waals surface area (Å²) < 4.78 is 0. The standard InChI is InChI=1S/C19H20N2O3S/c1-4-10-21-15(13-8-6-5-7-9-13)14(17(23)19(21)24)16(22)18-11(2)20-12(3)25-18/h5-9,15,23H,4,10H2,1-3H3. The summed E-state index contributed by atoms with van der Waals surface area (Å²) in [4.78, 5) is 32.1. The van der Waals surface area contributed by atoms with E-state index in [1.54, 1.807) is 11.8 Å².